The second-order valence-electron chi connectivity index (χ2n) is 7.46. The summed E-state index contributed by atoms with van der Waals surface area (Å²) in [6, 6.07) is 0. The van der Waals surface area contributed by atoms with Gasteiger partial charge in [0.2, 0.25) is 6.54 Å². The summed E-state index contributed by atoms with van der Waals surface area (Å²) in [5, 5.41) is 16.6. The van der Waals surface area contributed by atoms with Crippen LogP contribution in [0.3, 0.4) is 0 Å². The van der Waals surface area contributed by atoms with Crippen molar-refractivity contribution in [3.05, 3.63) is 10.1 Å². The lowest BCUT2D eigenvalue weighted by Crippen LogP contribution is -2.56. The molecule has 0 rings (SSSR count). The first-order valence-electron chi connectivity index (χ1n) is 10.3. The minimum absolute atomic E-state index is 0.636. The van der Waals surface area contributed by atoms with Crippen LogP contribution in [0.2, 0.25) is 0 Å². The van der Waals surface area contributed by atoms with E-state index in [1.54, 1.807) is 0 Å². The van der Waals surface area contributed by atoms with Crippen molar-refractivity contribution in [2.75, 3.05) is 27.2 Å². The minimum Gasteiger partial charge on any atom is -0.462 e. The smallest absolute Gasteiger partial charge is 0.303 e. The van der Waals surface area contributed by atoms with Gasteiger partial charge < -0.3 is 28.7 Å². The topological polar surface area (TPSA) is 190 Å². The van der Waals surface area contributed by atoms with Crippen LogP contribution in [-0.4, -0.2) is 97.7 Å². The molecule has 0 unspecified atom stereocenters. The fourth-order valence-corrected chi connectivity index (χ4v) is 2.88. The Hall–Kier alpha value is -3.78. The van der Waals surface area contributed by atoms with Gasteiger partial charge >= 0.3 is 29.8 Å². The monoisotopic (exact) mass is 505 g/mol. The van der Waals surface area contributed by atoms with Gasteiger partial charge in [-0.25, -0.2) is 0 Å². The number of ether oxygens (including phenoxy) is 5. The van der Waals surface area contributed by atoms with Gasteiger partial charge in [-0.3, -0.25) is 34.1 Å². The molecule has 0 N–H and O–H groups in total. The van der Waals surface area contributed by atoms with Crippen molar-refractivity contribution in [1.29, 1.82) is 0 Å². The maximum Gasteiger partial charge on any atom is 0.303 e. The highest BCUT2D eigenvalue weighted by molar-refractivity contribution is 5.70. The van der Waals surface area contributed by atoms with E-state index in [-0.39, 0.29) is 0 Å². The molecule has 0 saturated carbocycles. The summed E-state index contributed by atoms with van der Waals surface area (Å²) in [6.07, 6.45) is -5.51. The summed E-state index contributed by atoms with van der Waals surface area (Å²) < 4.78 is 25.9. The Morgan fingerprint density at radius 1 is 0.800 bits per heavy atom. The summed E-state index contributed by atoms with van der Waals surface area (Å²) in [6.45, 7) is 3.62. The fourth-order valence-electron chi connectivity index (χ4n) is 2.88. The Balaban J connectivity index is 6.84. The molecule has 198 valence electrons. The molecule has 15 heteroatoms. The number of carbonyl (C=O) groups excluding carboxylic acids is 5. The minimum atomic E-state index is -1.74. The number of carbonyl (C=O) groups is 5. The molecule has 0 aliphatic heterocycles. The van der Waals surface area contributed by atoms with Gasteiger partial charge in [0, 0.05) is 59.9 Å². The zero-order valence-corrected chi connectivity index (χ0v) is 20.6. The number of rotatable bonds is 14. The number of nitro groups is 1. The van der Waals surface area contributed by atoms with Crippen LogP contribution in [-0.2, 0) is 47.7 Å². The molecule has 0 aliphatic carbocycles. The van der Waals surface area contributed by atoms with E-state index < -0.39 is 78.3 Å². The molecule has 0 heterocycles. The molecule has 0 aliphatic rings. The first kappa shape index (κ1) is 31.2. The lowest BCUT2D eigenvalue weighted by atomic mass is 9.92. The zero-order chi connectivity index (χ0) is 27.3. The molecule has 5 atom stereocenters. The number of nitrogens with zero attached hydrogens (tertiary/aromatic N) is 3. The number of hydrazone groups is 1. The normalized spacial score (nSPS) is 15.1. The predicted octanol–water partition coefficient (Wildman–Crippen LogP) is -0.283. The van der Waals surface area contributed by atoms with E-state index in [9.17, 15) is 34.1 Å². The third kappa shape index (κ3) is 13.5. The van der Waals surface area contributed by atoms with Crippen LogP contribution >= 0.6 is 0 Å². The van der Waals surface area contributed by atoms with Crippen molar-refractivity contribution in [3.63, 3.8) is 0 Å². The van der Waals surface area contributed by atoms with Gasteiger partial charge in [0.05, 0.1) is 0 Å². The number of esters is 5. The average Bonchev–Trinajstić information content (AvgIpc) is 2.68. The van der Waals surface area contributed by atoms with E-state index in [2.05, 4.69) is 5.10 Å². The van der Waals surface area contributed by atoms with Crippen molar-refractivity contribution in [2.45, 2.75) is 59.0 Å². The molecule has 0 spiro atoms. The molecule has 15 nitrogen and oxygen atoms in total. The van der Waals surface area contributed by atoms with Crippen molar-refractivity contribution < 1.29 is 52.6 Å². The molecular weight excluding hydrogens is 474 g/mol. The van der Waals surface area contributed by atoms with E-state index in [1.807, 2.05) is 0 Å². The van der Waals surface area contributed by atoms with Crippen LogP contribution in [0.15, 0.2) is 5.10 Å². The molecule has 0 aromatic rings. The Bertz CT molecular complexity index is 813. The molecule has 35 heavy (non-hydrogen) atoms. The first-order chi connectivity index (χ1) is 16.1. The Morgan fingerprint density at radius 3 is 1.66 bits per heavy atom. The van der Waals surface area contributed by atoms with Gasteiger partial charge in [-0.2, -0.15) is 5.10 Å². The van der Waals surface area contributed by atoms with Gasteiger partial charge in [0.15, 0.2) is 24.4 Å². The van der Waals surface area contributed by atoms with Gasteiger partial charge in [-0.15, -0.1) is 0 Å². The summed E-state index contributed by atoms with van der Waals surface area (Å²) in [7, 11) is 3.06. The number of hydrogen-bond donors (Lipinski definition) is 0. The van der Waals surface area contributed by atoms with Gasteiger partial charge in [-0.05, 0) is 0 Å². The van der Waals surface area contributed by atoms with Crippen molar-refractivity contribution in [3.8, 4) is 0 Å². The Kier molecular flexibility index (Phi) is 13.5. The standard InChI is InChI=1S/C20H31N3O12/c1-11(24)31-10-17(32-12(2)25)19(34-14(4)27)20(35-15(5)28)18(33-13(3)26)16(9-23(29)30)8-21-22(6)7/h8,16-20H,9-10H2,1-7H3/b21-8+/t16-,17+,18-,19-,20+/m0/s1. The SMILES string of the molecule is CC(=O)OC[C@@H](OC(C)=O)[C@H](OC(C)=O)[C@H](OC(C)=O)[C@@H](OC(C)=O)[C@@H](/C=N/N(C)C)C[N+](=O)[O-]. The summed E-state index contributed by atoms with van der Waals surface area (Å²) in [4.78, 5) is 69.6. The van der Waals surface area contributed by atoms with Crippen molar-refractivity contribution in [2.24, 2.45) is 11.0 Å². The van der Waals surface area contributed by atoms with Crippen LogP contribution < -0.4 is 0 Å². The van der Waals surface area contributed by atoms with E-state index in [0.717, 1.165) is 40.8 Å². The maximum atomic E-state index is 12.0. The largest absolute Gasteiger partial charge is 0.462 e. The molecule has 0 amide bonds. The van der Waals surface area contributed by atoms with E-state index >= 15 is 0 Å². The Morgan fingerprint density at radius 2 is 1.26 bits per heavy atom. The van der Waals surface area contributed by atoms with Crippen molar-refractivity contribution >= 4 is 36.1 Å². The van der Waals surface area contributed by atoms with Gasteiger partial charge in [0.25, 0.3) is 0 Å². The molecular formula is C20H31N3O12. The molecule has 0 aromatic heterocycles. The van der Waals surface area contributed by atoms with E-state index in [0.29, 0.717) is 0 Å². The summed E-state index contributed by atoms with van der Waals surface area (Å²) in [5.74, 6) is -5.73. The fraction of sp³-hybridized carbons (Fsp3) is 0.700. The molecule has 0 radical (unpaired) electrons. The van der Waals surface area contributed by atoms with Crippen molar-refractivity contribution in [1.82, 2.24) is 5.01 Å². The summed E-state index contributed by atoms with van der Waals surface area (Å²) in [5.41, 5.74) is 0. The Labute approximate surface area is 201 Å². The lowest BCUT2D eigenvalue weighted by molar-refractivity contribution is -0.487. The van der Waals surface area contributed by atoms with Gasteiger partial charge in [-0.1, -0.05) is 0 Å². The van der Waals surface area contributed by atoms with E-state index in [4.69, 9.17) is 23.7 Å². The van der Waals surface area contributed by atoms with Crippen LogP contribution in [0.5, 0.6) is 0 Å². The number of hydrogen-bond acceptors (Lipinski definition) is 14. The molecule has 0 bridgehead atoms. The molecule has 0 aromatic carbocycles. The van der Waals surface area contributed by atoms with Crippen LogP contribution in [0.25, 0.3) is 0 Å². The lowest BCUT2D eigenvalue weighted by Gasteiger charge is -2.36. The molecule has 0 fully saturated rings. The molecule has 0 saturated heterocycles. The second kappa shape index (κ2) is 15.2. The third-order valence-corrected chi connectivity index (χ3v) is 3.96. The highest BCUT2D eigenvalue weighted by atomic mass is 16.6. The van der Waals surface area contributed by atoms with Crippen LogP contribution in [0.4, 0.5) is 0 Å². The third-order valence-electron chi connectivity index (χ3n) is 3.96. The van der Waals surface area contributed by atoms with Crippen LogP contribution in [0.1, 0.15) is 34.6 Å². The second-order valence-corrected chi connectivity index (χ2v) is 7.46. The predicted molar refractivity (Wildman–Crippen MR) is 116 cm³/mol. The first-order valence-corrected chi connectivity index (χ1v) is 10.3. The highest BCUT2D eigenvalue weighted by Crippen LogP contribution is 2.24. The van der Waals surface area contributed by atoms with E-state index in [1.165, 1.54) is 19.1 Å². The quantitative estimate of drug-likeness (QED) is 0.0985. The average molecular weight is 505 g/mol. The maximum absolute atomic E-state index is 12.0. The highest BCUT2D eigenvalue weighted by Gasteiger charge is 2.47. The van der Waals surface area contributed by atoms with Gasteiger partial charge in [0.1, 0.15) is 12.5 Å². The zero-order valence-electron chi connectivity index (χ0n) is 20.6. The summed E-state index contributed by atoms with van der Waals surface area (Å²) >= 11 is 0. The van der Waals surface area contributed by atoms with Crippen LogP contribution in [0, 0.1) is 16.0 Å².